The summed E-state index contributed by atoms with van der Waals surface area (Å²) in [4.78, 5) is 0. The van der Waals surface area contributed by atoms with Crippen molar-refractivity contribution in [3.63, 3.8) is 0 Å². The highest BCUT2D eigenvalue weighted by atomic mass is 127. The molecule has 0 aromatic rings. The predicted octanol–water partition coefficient (Wildman–Crippen LogP) is 6.40. The standard InChI is InChI=1S/2C12H28N.2CBr3F.2HI/c2*1-5-9-13(10-6-2,11-7-3)12-8-4;2*2-1(3,4)5;;/h2*5-12H2,1-4H3;;;2*1H/q2*+1;;;;/p-2. The van der Waals surface area contributed by atoms with E-state index in [9.17, 15) is 8.78 Å². The Morgan fingerprint density at radius 1 is 0.368 bits per heavy atom. The third-order valence-electron chi connectivity index (χ3n) is 5.58. The predicted molar refractivity (Wildman–Crippen MR) is 183 cm³/mol. The summed E-state index contributed by atoms with van der Waals surface area (Å²) >= 11 is 15.2. The van der Waals surface area contributed by atoms with Crippen LogP contribution in [0.3, 0.4) is 0 Å². The minimum Gasteiger partial charge on any atom is -1.00 e. The summed E-state index contributed by atoms with van der Waals surface area (Å²) in [6.45, 7) is 29.6. The lowest BCUT2D eigenvalue weighted by molar-refractivity contribution is -0.928. The van der Waals surface area contributed by atoms with Crippen LogP contribution in [-0.2, 0) is 0 Å². The Hall–Kier alpha value is 4.12. The minimum atomic E-state index is -1.56. The molecule has 0 atom stereocenters. The van der Waals surface area contributed by atoms with Crippen molar-refractivity contribution in [3.05, 3.63) is 0 Å². The number of hydrogen-bond acceptors (Lipinski definition) is 0. The first-order valence-electron chi connectivity index (χ1n) is 13.7. The summed E-state index contributed by atoms with van der Waals surface area (Å²) in [5.41, 5.74) is 0. The Labute approximate surface area is 321 Å². The highest BCUT2D eigenvalue weighted by Gasteiger charge is 2.23. The maximum atomic E-state index is 11.4. The molecule has 0 rings (SSSR count). The van der Waals surface area contributed by atoms with Crippen molar-refractivity contribution < 1.29 is 65.7 Å². The van der Waals surface area contributed by atoms with Crippen molar-refractivity contribution in [3.8, 4) is 0 Å². The van der Waals surface area contributed by atoms with E-state index in [1.165, 1.54) is 113 Å². The van der Waals surface area contributed by atoms with E-state index in [0.29, 0.717) is 0 Å². The number of rotatable bonds is 16. The van der Waals surface area contributed by atoms with Gasteiger partial charge in [0.2, 0.25) is 0 Å². The summed E-state index contributed by atoms with van der Waals surface area (Å²) in [7, 11) is 0. The molecular weight excluding hydrogens is 1110 g/mol. The van der Waals surface area contributed by atoms with Crippen LogP contribution in [0.2, 0.25) is 0 Å². The molecule has 0 amide bonds. The van der Waals surface area contributed by atoms with Crippen LogP contribution in [0.1, 0.15) is 107 Å². The Kier molecular flexibility index (Phi) is 48.8. The zero-order chi connectivity index (χ0) is 29.3. The number of alkyl halides is 8. The SMILES string of the molecule is CCC[N+](CCC)(CCC)CCC.CCC[N+](CCC)(CCC)CCC.FC(Br)(Br)Br.FC(Br)(Br)Br.[I-].[I-]. The van der Waals surface area contributed by atoms with Gasteiger partial charge in [0.25, 0.3) is 4.79 Å². The molecule has 0 aromatic carbocycles. The molecule has 0 heterocycles. The van der Waals surface area contributed by atoms with Gasteiger partial charge in [0.1, 0.15) is 0 Å². The second-order valence-electron chi connectivity index (χ2n) is 9.33. The van der Waals surface area contributed by atoms with E-state index in [1.807, 2.05) is 0 Å². The van der Waals surface area contributed by atoms with Crippen LogP contribution >= 0.6 is 95.6 Å². The summed E-state index contributed by atoms with van der Waals surface area (Å²) in [5.74, 6) is 0. The molecule has 0 aliphatic rings. The first-order valence-corrected chi connectivity index (χ1v) is 18.5. The summed E-state index contributed by atoms with van der Waals surface area (Å²) in [6.07, 6.45) is 10.7. The molecule has 0 aliphatic carbocycles. The van der Waals surface area contributed by atoms with Crippen LogP contribution in [0, 0.1) is 0 Å². The molecule has 0 saturated carbocycles. The Morgan fingerprint density at radius 3 is 0.500 bits per heavy atom. The molecule has 240 valence electrons. The third kappa shape index (κ3) is 47.1. The Bertz CT molecular complexity index is 347. The quantitative estimate of drug-likeness (QED) is 0.0956. The summed E-state index contributed by atoms with van der Waals surface area (Å²) in [6, 6.07) is 0. The van der Waals surface area contributed by atoms with E-state index >= 15 is 0 Å². The van der Waals surface area contributed by atoms with E-state index in [-0.39, 0.29) is 48.0 Å². The number of quaternary nitrogens is 2. The van der Waals surface area contributed by atoms with E-state index in [2.05, 4.69) is 151 Å². The second-order valence-corrected chi connectivity index (χ2v) is 22.3. The summed E-state index contributed by atoms with van der Waals surface area (Å²) in [5, 5.41) is 0. The average Bonchev–Trinajstić information content (AvgIpc) is 2.68. The Morgan fingerprint density at radius 2 is 0.447 bits per heavy atom. The largest absolute Gasteiger partial charge is 1.00 e. The first-order chi connectivity index (χ1) is 16.5. The number of hydrogen-bond donors (Lipinski definition) is 0. The molecule has 0 radical (unpaired) electrons. The van der Waals surface area contributed by atoms with Gasteiger partial charge in [-0.2, -0.15) is 0 Å². The smallest absolute Gasteiger partial charge is 0.272 e. The highest BCUT2D eigenvalue weighted by molar-refractivity contribution is 9.39. The molecule has 0 aliphatic heterocycles. The fourth-order valence-electron chi connectivity index (χ4n) is 5.14. The van der Waals surface area contributed by atoms with Crippen molar-refractivity contribution in [2.75, 3.05) is 52.4 Å². The molecule has 0 saturated heterocycles. The van der Waals surface area contributed by atoms with Crippen molar-refractivity contribution in [1.82, 2.24) is 0 Å². The van der Waals surface area contributed by atoms with Crippen LogP contribution in [0.25, 0.3) is 0 Å². The zero-order valence-electron chi connectivity index (χ0n) is 25.0. The monoisotopic (exact) mass is 1160 g/mol. The first kappa shape index (κ1) is 54.6. The van der Waals surface area contributed by atoms with Crippen molar-refractivity contribution in [1.29, 1.82) is 0 Å². The third-order valence-corrected chi connectivity index (χ3v) is 5.58. The van der Waals surface area contributed by atoms with Gasteiger partial charge in [-0.15, -0.1) is 0 Å². The maximum absolute atomic E-state index is 11.4. The lowest BCUT2D eigenvalue weighted by atomic mass is 10.2. The van der Waals surface area contributed by atoms with Gasteiger partial charge in [0.15, 0.2) is 0 Å². The second kappa shape index (κ2) is 34.0. The lowest BCUT2D eigenvalue weighted by Gasteiger charge is -2.38. The van der Waals surface area contributed by atoms with Gasteiger partial charge in [0.05, 0.1) is 52.4 Å². The van der Waals surface area contributed by atoms with Crippen LogP contribution in [-0.4, -0.2) is 66.1 Å². The van der Waals surface area contributed by atoms with Gasteiger partial charge < -0.3 is 56.9 Å². The average molecular weight is 1170 g/mol. The van der Waals surface area contributed by atoms with Crippen molar-refractivity contribution in [2.24, 2.45) is 0 Å². The molecular formula is C26H56Br6F2I2N2. The fourth-order valence-corrected chi connectivity index (χ4v) is 5.14. The zero-order valence-corrected chi connectivity index (χ0v) is 38.8. The molecule has 0 N–H and O–H groups in total. The highest BCUT2D eigenvalue weighted by Crippen LogP contribution is 2.34. The van der Waals surface area contributed by atoms with Gasteiger partial charge in [-0.05, 0) is 147 Å². The molecule has 0 unspecified atom stereocenters. The normalized spacial score (nSPS) is 11.4. The molecule has 0 aromatic heterocycles. The molecule has 12 heteroatoms. The van der Waals surface area contributed by atoms with E-state index in [4.69, 9.17) is 0 Å². The van der Waals surface area contributed by atoms with Gasteiger partial charge in [-0.25, -0.2) is 8.78 Å². The van der Waals surface area contributed by atoms with Gasteiger partial charge in [-0.1, -0.05) is 55.4 Å². The van der Waals surface area contributed by atoms with Crippen LogP contribution in [0.15, 0.2) is 0 Å². The fraction of sp³-hybridized carbons (Fsp3) is 1.00. The maximum Gasteiger partial charge on any atom is 0.272 e. The van der Waals surface area contributed by atoms with Crippen molar-refractivity contribution >= 4 is 95.6 Å². The van der Waals surface area contributed by atoms with E-state index in [1.54, 1.807) is 0 Å². The van der Waals surface area contributed by atoms with Crippen molar-refractivity contribution in [2.45, 2.75) is 112 Å². The van der Waals surface area contributed by atoms with Gasteiger partial charge >= 0.3 is 0 Å². The molecule has 38 heavy (non-hydrogen) atoms. The molecule has 0 fully saturated rings. The number of halogens is 10. The molecule has 0 bridgehead atoms. The van der Waals surface area contributed by atoms with E-state index in [0.717, 1.165) is 0 Å². The van der Waals surface area contributed by atoms with Crippen LogP contribution < -0.4 is 48.0 Å². The molecule has 0 spiro atoms. The summed E-state index contributed by atoms with van der Waals surface area (Å²) < 4.78 is 22.5. The van der Waals surface area contributed by atoms with Crippen LogP contribution in [0.4, 0.5) is 8.78 Å². The van der Waals surface area contributed by atoms with E-state index < -0.39 is 4.79 Å². The molecule has 2 nitrogen and oxygen atoms in total. The van der Waals surface area contributed by atoms with Crippen LogP contribution in [0.5, 0.6) is 0 Å². The van der Waals surface area contributed by atoms with Gasteiger partial charge in [-0.3, -0.25) is 0 Å². The minimum absolute atomic E-state index is 0. The number of nitrogens with zero attached hydrogens (tertiary/aromatic N) is 2. The topological polar surface area (TPSA) is 0 Å². The van der Waals surface area contributed by atoms with Gasteiger partial charge in [0, 0.05) is 0 Å². The lowest BCUT2D eigenvalue weighted by Crippen LogP contribution is -3.00. The Balaban J connectivity index is -0.0000000962.